The molecule has 1 aromatic heterocycles. The van der Waals surface area contributed by atoms with E-state index in [1.54, 1.807) is 17.1 Å². The topological polar surface area (TPSA) is 58.3 Å². The van der Waals surface area contributed by atoms with E-state index in [9.17, 15) is 10.2 Å². The summed E-state index contributed by atoms with van der Waals surface area (Å²) in [5.41, 5.74) is 2.89. The van der Waals surface area contributed by atoms with Crippen LogP contribution >= 0.6 is 0 Å². The van der Waals surface area contributed by atoms with Crippen molar-refractivity contribution < 1.29 is 10.2 Å². The summed E-state index contributed by atoms with van der Waals surface area (Å²) in [5.74, 6) is 0. The van der Waals surface area contributed by atoms with Crippen LogP contribution in [-0.4, -0.2) is 26.1 Å². The van der Waals surface area contributed by atoms with E-state index in [1.807, 2.05) is 24.3 Å². The number of rotatable bonds is 1. The molecule has 76 valence electrons. The van der Waals surface area contributed by atoms with Crippen molar-refractivity contribution in [1.82, 2.24) is 9.55 Å². The first-order valence-electron chi connectivity index (χ1n) is 4.76. The second-order valence-electron chi connectivity index (χ2n) is 3.63. The lowest BCUT2D eigenvalue weighted by Crippen LogP contribution is -2.21. The van der Waals surface area contributed by atoms with Crippen molar-refractivity contribution >= 4 is 0 Å². The Morgan fingerprint density at radius 2 is 2.07 bits per heavy atom. The number of benzene rings is 1. The van der Waals surface area contributed by atoms with E-state index >= 15 is 0 Å². The molecule has 4 heteroatoms. The summed E-state index contributed by atoms with van der Waals surface area (Å²) < 4.78 is 1.79. The maximum atomic E-state index is 9.37. The fraction of sp³-hybridized carbons (Fsp3) is 0.182. The number of aliphatic hydroxyl groups is 2. The molecule has 0 saturated carbocycles. The normalized spacial score (nSPS) is 17.9. The third kappa shape index (κ3) is 1.06. The van der Waals surface area contributed by atoms with Crippen LogP contribution in [0.15, 0.2) is 36.8 Å². The van der Waals surface area contributed by atoms with Crippen LogP contribution < -0.4 is 0 Å². The summed E-state index contributed by atoms with van der Waals surface area (Å²) in [6.07, 6.45) is 1.96. The summed E-state index contributed by atoms with van der Waals surface area (Å²) in [4.78, 5) is 4.02. The van der Waals surface area contributed by atoms with Crippen LogP contribution in [0.25, 0.3) is 11.3 Å². The summed E-state index contributed by atoms with van der Waals surface area (Å²) >= 11 is 0. The number of nitrogens with zero attached hydrogens (tertiary/aromatic N) is 2. The molecule has 0 aliphatic carbocycles. The summed E-state index contributed by atoms with van der Waals surface area (Å²) in [7, 11) is 0. The van der Waals surface area contributed by atoms with Gasteiger partial charge in [-0.15, -0.1) is 0 Å². The summed E-state index contributed by atoms with van der Waals surface area (Å²) in [6, 6.07) is 7.27. The monoisotopic (exact) mass is 202 g/mol. The zero-order valence-electron chi connectivity index (χ0n) is 7.91. The highest BCUT2D eigenvalue weighted by atomic mass is 16.5. The highest BCUT2D eigenvalue weighted by Crippen LogP contribution is 2.39. The average molecular weight is 202 g/mol. The molecule has 3 rings (SSSR count). The molecular formula is C11H10N2O2. The molecule has 2 aromatic rings. The van der Waals surface area contributed by atoms with E-state index in [2.05, 4.69) is 4.98 Å². The largest absolute Gasteiger partial charge is 0.366 e. The standard InChI is InChI=1S/C11H10N2O2/c14-11(15)10-8-4-2-1-3-7(8)9-5-12-6-13(9)10/h1-6,10-11,14-15H/t10-/m0/s1. The molecule has 0 bridgehead atoms. The SMILES string of the molecule is OC(O)[C@@H]1c2ccccc2-c2cncn21. The van der Waals surface area contributed by atoms with Gasteiger partial charge in [0, 0.05) is 5.56 Å². The number of aliphatic hydroxyl groups excluding tert-OH is 1. The smallest absolute Gasteiger partial charge is 0.177 e. The van der Waals surface area contributed by atoms with Gasteiger partial charge in [-0.25, -0.2) is 4.98 Å². The third-order valence-electron chi connectivity index (χ3n) is 2.80. The molecule has 2 N–H and O–H groups in total. The quantitative estimate of drug-likeness (QED) is 0.671. The van der Waals surface area contributed by atoms with Crippen LogP contribution in [0.2, 0.25) is 0 Å². The van der Waals surface area contributed by atoms with Crippen molar-refractivity contribution in [3.63, 3.8) is 0 Å². The Balaban J connectivity index is 2.28. The minimum atomic E-state index is -1.40. The second-order valence-corrected chi connectivity index (χ2v) is 3.63. The fourth-order valence-electron chi connectivity index (χ4n) is 2.18. The molecule has 0 fully saturated rings. The van der Waals surface area contributed by atoms with Gasteiger partial charge >= 0.3 is 0 Å². The van der Waals surface area contributed by atoms with E-state index in [1.165, 1.54) is 0 Å². The van der Waals surface area contributed by atoms with Crippen LogP contribution in [-0.2, 0) is 0 Å². The lowest BCUT2D eigenvalue weighted by atomic mass is 10.0. The number of aromatic nitrogens is 2. The minimum Gasteiger partial charge on any atom is -0.366 e. The molecule has 1 aliphatic rings. The first-order valence-corrected chi connectivity index (χ1v) is 4.76. The predicted octanol–water partition coefficient (Wildman–Crippen LogP) is 0.764. The zero-order valence-corrected chi connectivity index (χ0v) is 7.91. The Bertz CT molecular complexity index is 505. The van der Waals surface area contributed by atoms with Gasteiger partial charge in [-0.1, -0.05) is 24.3 Å². The molecule has 0 saturated heterocycles. The van der Waals surface area contributed by atoms with E-state index in [0.717, 1.165) is 16.8 Å². The van der Waals surface area contributed by atoms with Crippen LogP contribution in [0, 0.1) is 0 Å². The molecule has 0 radical (unpaired) electrons. The van der Waals surface area contributed by atoms with E-state index in [0.29, 0.717) is 0 Å². The first kappa shape index (κ1) is 8.64. The van der Waals surface area contributed by atoms with Crippen LogP contribution in [0.4, 0.5) is 0 Å². The Hall–Kier alpha value is -1.65. The van der Waals surface area contributed by atoms with Crippen molar-refractivity contribution in [2.45, 2.75) is 12.3 Å². The van der Waals surface area contributed by atoms with Gasteiger partial charge in [-0.3, -0.25) is 0 Å². The van der Waals surface area contributed by atoms with Gasteiger partial charge in [0.15, 0.2) is 6.29 Å². The van der Waals surface area contributed by atoms with Crippen LogP contribution in [0.3, 0.4) is 0 Å². The van der Waals surface area contributed by atoms with Crippen molar-refractivity contribution in [3.8, 4) is 11.3 Å². The molecule has 0 unspecified atom stereocenters. The van der Waals surface area contributed by atoms with E-state index < -0.39 is 12.3 Å². The fourth-order valence-corrected chi connectivity index (χ4v) is 2.18. The maximum absolute atomic E-state index is 9.37. The molecule has 1 aliphatic heterocycles. The van der Waals surface area contributed by atoms with Crippen molar-refractivity contribution in [2.75, 3.05) is 0 Å². The van der Waals surface area contributed by atoms with Gasteiger partial charge in [-0.05, 0) is 5.56 Å². The van der Waals surface area contributed by atoms with Crippen molar-refractivity contribution in [1.29, 1.82) is 0 Å². The van der Waals surface area contributed by atoms with Gasteiger partial charge < -0.3 is 14.8 Å². The molecule has 1 aromatic carbocycles. The van der Waals surface area contributed by atoms with Crippen LogP contribution in [0.1, 0.15) is 11.6 Å². The summed E-state index contributed by atoms with van der Waals surface area (Å²) in [5, 5.41) is 18.7. The Morgan fingerprint density at radius 1 is 1.27 bits per heavy atom. The Labute approximate surface area is 86.4 Å². The molecule has 0 amide bonds. The van der Waals surface area contributed by atoms with Crippen LogP contribution in [0.5, 0.6) is 0 Å². The minimum absolute atomic E-state index is 0.432. The maximum Gasteiger partial charge on any atom is 0.177 e. The van der Waals surface area contributed by atoms with Gasteiger partial charge in [0.1, 0.15) is 6.04 Å². The highest BCUT2D eigenvalue weighted by molar-refractivity contribution is 5.69. The Kier molecular flexibility index (Phi) is 1.68. The molecular weight excluding hydrogens is 192 g/mol. The van der Waals surface area contributed by atoms with Gasteiger partial charge in [0.2, 0.25) is 0 Å². The average Bonchev–Trinajstić information content (AvgIpc) is 2.75. The highest BCUT2D eigenvalue weighted by Gasteiger charge is 2.32. The van der Waals surface area contributed by atoms with E-state index in [-0.39, 0.29) is 0 Å². The molecule has 2 heterocycles. The Morgan fingerprint density at radius 3 is 2.87 bits per heavy atom. The summed E-state index contributed by atoms with van der Waals surface area (Å²) in [6.45, 7) is 0. The zero-order chi connectivity index (χ0) is 10.4. The first-order chi connectivity index (χ1) is 7.29. The second kappa shape index (κ2) is 2.92. The lowest BCUT2D eigenvalue weighted by Gasteiger charge is -2.16. The number of imidazole rings is 1. The molecule has 15 heavy (non-hydrogen) atoms. The number of hydrogen-bond donors (Lipinski definition) is 2. The lowest BCUT2D eigenvalue weighted by molar-refractivity contribution is -0.0653. The predicted molar refractivity (Wildman–Crippen MR) is 54.0 cm³/mol. The molecule has 4 nitrogen and oxygen atoms in total. The molecule has 0 spiro atoms. The van der Waals surface area contributed by atoms with Gasteiger partial charge in [0.25, 0.3) is 0 Å². The van der Waals surface area contributed by atoms with Crippen molar-refractivity contribution in [2.24, 2.45) is 0 Å². The van der Waals surface area contributed by atoms with Gasteiger partial charge in [0.05, 0.1) is 18.2 Å². The third-order valence-corrected chi connectivity index (χ3v) is 2.80. The van der Waals surface area contributed by atoms with Crippen molar-refractivity contribution in [3.05, 3.63) is 42.4 Å². The number of hydrogen-bond acceptors (Lipinski definition) is 3. The van der Waals surface area contributed by atoms with E-state index in [4.69, 9.17) is 0 Å². The number of fused-ring (bicyclic) bond motifs is 3. The van der Waals surface area contributed by atoms with Gasteiger partial charge in [-0.2, -0.15) is 0 Å². The molecule has 1 atom stereocenters.